The lowest BCUT2D eigenvalue weighted by Gasteiger charge is -2.32. The number of benzene rings is 1. The van der Waals surface area contributed by atoms with Crippen LogP contribution in [0.1, 0.15) is 29.8 Å². The van der Waals surface area contributed by atoms with Crippen LogP contribution in [0.15, 0.2) is 41.4 Å². The molecule has 0 spiro atoms. The normalized spacial score (nSPS) is 18.6. The summed E-state index contributed by atoms with van der Waals surface area (Å²) in [5, 5.41) is 0. The van der Waals surface area contributed by atoms with Gasteiger partial charge in [-0.05, 0) is 74.9 Å². The van der Waals surface area contributed by atoms with Crippen molar-refractivity contribution in [2.24, 2.45) is 5.92 Å². The zero-order chi connectivity index (χ0) is 19.9. The molecule has 1 saturated heterocycles. The first kappa shape index (κ1) is 19.1. The molecule has 1 aliphatic rings. The summed E-state index contributed by atoms with van der Waals surface area (Å²) >= 11 is 0. The lowest BCUT2D eigenvalue weighted by molar-refractivity contribution is 0.245. The quantitative estimate of drug-likeness (QED) is 0.675. The molecule has 0 N–H and O–H groups in total. The van der Waals surface area contributed by atoms with Gasteiger partial charge < -0.3 is 4.57 Å². The number of imidazole rings is 1. The van der Waals surface area contributed by atoms with Crippen molar-refractivity contribution >= 4 is 21.2 Å². The van der Waals surface area contributed by atoms with Crippen molar-refractivity contribution in [3.8, 4) is 0 Å². The van der Waals surface area contributed by atoms with Gasteiger partial charge in [0.05, 0.1) is 4.90 Å². The van der Waals surface area contributed by atoms with Crippen LogP contribution in [0.3, 0.4) is 0 Å². The van der Waals surface area contributed by atoms with E-state index in [4.69, 9.17) is 0 Å². The van der Waals surface area contributed by atoms with Crippen LogP contribution >= 0.6 is 0 Å². The maximum Gasteiger partial charge on any atom is 0.243 e. The molecule has 1 atom stereocenters. The molecule has 1 fully saturated rings. The van der Waals surface area contributed by atoms with Gasteiger partial charge in [-0.25, -0.2) is 18.4 Å². The number of nitrogens with zero attached hydrogens (tertiary/aromatic N) is 4. The standard InChI is InChI=1S/C21H26N4O2S/c1-15-8-9-19(12-16(15)2)28(26,27)24-11-5-6-18(13-24)14-25-17(3)23-20-7-4-10-22-21(20)25/h4,7-10,12,18H,5-6,11,13-14H2,1-3H3. The van der Waals surface area contributed by atoms with E-state index in [1.54, 1.807) is 22.6 Å². The third-order valence-electron chi connectivity index (χ3n) is 5.73. The van der Waals surface area contributed by atoms with Gasteiger partial charge in [0.1, 0.15) is 11.3 Å². The zero-order valence-corrected chi connectivity index (χ0v) is 17.4. The Hall–Kier alpha value is -2.25. The molecule has 0 aliphatic carbocycles. The van der Waals surface area contributed by atoms with Gasteiger partial charge in [-0.1, -0.05) is 6.07 Å². The van der Waals surface area contributed by atoms with Crippen LogP contribution in [0.5, 0.6) is 0 Å². The van der Waals surface area contributed by atoms with Crippen LogP contribution in [-0.4, -0.2) is 40.3 Å². The first-order chi connectivity index (χ1) is 13.4. The van der Waals surface area contributed by atoms with Crippen molar-refractivity contribution in [2.75, 3.05) is 13.1 Å². The first-order valence-electron chi connectivity index (χ1n) is 9.71. The largest absolute Gasteiger partial charge is 0.313 e. The minimum Gasteiger partial charge on any atom is -0.313 e. The van der Waals surface area contributed by atoms with Gasteiger partial charge in [0, 0.05) is 25.8 Å². The van der Waals surface area contributed by atoms with E-state index in [1.165, 1.54) is 0 Å². The minimum atomic E-state index is -3.47. The molecule has 0 bridgehead atoms. The van der Waals surface area contributed by atoms with E-state index in [0.717, 1.165) is 47.5 Å². The Labute approximate surface area is 166 Å². The number of aryl methyl sites for hydroxylation is 3. The van der Waals surface area contributed by atoms with Crippen LogP contribution < -0.4 is 0 Å². The third kappa shape index (κ3) is 3.44. The number of hydrogen-bond donors (Lipinski definition) is 0. The van der Waals surface area contributed by atoms with Gasteiger partial charge in [-0.2, -0.15) is 4.31 Å². The fraction of sp³-hybridized carbons (Fsp3) is 0.429. The SMILES string of the molecule is Cc1ccc(S(=O)(=O)N2CCCC(Cn3c(C)nc4cccnc43)C2)cc1C. The molecule has 0 amide bonds. The van der Waals surface area contributed by atoms with Crippen molar-refractivity contribution in [3.05, 3.63) is 53.5 Å². The fourth-order valence-electron chi connectivity index (χ4n) is 3.97. The molecule has 3 aromatic rings. The lowest BCUT2D eigenvalue weighted by Crippen LogP contribution is -2.41. The number of piperidine rings is 1. The second-order valence-corrected chi connectivity index (χ2v) is 9.67. The van der Waals surface area contributed by atoms with E-state index >= 15 is 0 Å². The lowest BCUT2D eigenvalue weighted by atomic mass is 9.99. The topological polar surface area (TPSA) is 68.1 Å². The van der Waals surface area contributed by atoms with Gasteiger partial charge in [0.15, 0.2) is 5.65 Å². The number of fused-ring (bicyclic) bond motifs is 1. The molecule has 4 rings (SSSR count). The summed E-state index contributed by atoms with van der Waals surface area (Å²) in [6.07, 6.45) is 3.65. The minimum absolute atomic E-state index is 0.244. The van der Waals surface area contributed by atoms with E-state index in [1.807, 2.05) is 39.0 Å². The summed E-state index contributed by atoms with van der Waals surface area (Å²) in [5.41, 5.74) is 3.86. The number of aromatic nitrogens is 3. The molecule has 148 valence electrons. The molecule has 1 aliphatic heterocycles. The summed E-state index contributed by atoms with van der Waals surface area (Å²) in [4.78, 5) is 9.44. The second kappa shape index (κ2) is 7.29. The van der Waals surface area contributed by atoms with Crippen molar-refractivity contribution in [1.82, 2.24) is 18.8 Å². The van der Waals surface area contributed by atoms with E-state index in [-0.39, 0.29) is 5.92 Å². The van der Waals surface area contributed by atoms with E-state index in [9.17, 15) is 8.42 Å². The summed E-state index contributed by atoms with van der Waals surface area (Å²) in [7, 11) is -3.47. The van der Waals surface area contributed by atoms with E-state index in [2.05, 4.69) is 14.5 Å². The van der Waals surface area contributed by atoms with E-state index < -0.39 is 10.0 Å². The first-order valence-corrected chi connectivity index (χ1v) is 11.2. The molecule has 0 saturated carbocycles. The van der Waals surface area contributed by atoms with Gasteiger partial charge in [0.2, 0.25) is 10.0 Å². The summed E-state index contributed by atoms with van der Waals surface area (Å²) in [5.74, 6) is 1.16. The van der Waals surface area contributed by atoms with Gasteiger partial charge in [-0.3, -0.25) is 0 Å². The highest BCUT2D eigenvalue weighted by atomic mass is 32.2. The molecule has 7 heteroatoms. The molecule has 2 aromatic heterocycles. The Balaban J connectivity index is 1.57. The molecule has 28 heavy (non-hydrogen) atoms. The number of rotatable bonds is 4. The zero-order valence-electron chi connectivity index (χ0n) is 16.6. The van der Waals surface area contributed by atoms with Crippen molar-refractivity contribution in [2.45, 2.75) is 45.1 Å². The number of pyridine rings is 1. The average Bonchev–Trinajstić information content (AvgIpc) is 2.99. The van der Waals surface area contributed by atoms with Crippen LogP contribution in [0.4, 0.5) is 0 Å². The number of sulfonamides is 1. The van der Waals surface area contributed by atoms with Crippen molar-refractivity contribution in [3.63, 3.8) is 0 Å². The van der Waals surface area contributed by atoms with Crippen LogP contribution in [-0.2, 0) is 16.6 Å². The third-order valence-corrected chi connectivity index (χ3v) is 7.59. The average molecular weight is 399 g/mol. The second-order valence-electron chi connectivity index (χ2n) is 7.73. The maximum atomic E-state index is 13.2. The highest BCUT2D eigenvalue weighted by molar-refractivity contribution is 7.89. The van der Waals surface area contributed by atoms with Gasteiger partial charge >= 0.3 is 0 Å². The van der Waals surface area contributed by atoms with Gasteiger partial charge in [0.25, 0.3) is 0 Å². The van der Waals surface area contributed by atoms with E-state index in [0.29, 0.717) is 18.0 Å². The molecule has 1 aromatic carbocycles. The van der Waals surface area contributed by atoms with Crippen LogP contribution in [0.2, 0.25) is 0 Å². The molecule has 0 radical (unpaired) electrons. The highest BCUT2D eigenvalue weighted by Gasteiger charge is 2.31. The predicted molar refractivity (Wildman–Crippen MR) is 110 cm³/mol. The summed E-state index contributed by atoms with van der Waals surface area (Å²) in [6.45, 7) is 7.77. The Kier molecular flexibility index (Phi) is 4.97. The molecule has 1 unspecified atom stereocenters. The van der Waals surface area contributed by atoms with Gasteiger partial charge in [-0.15, -0.1) is 0 Å². The summed E-state index contributed by atoms with van der Waals surface area (Å²) < 4.78 is 30.1. The monoisotopic (exact) mass is 398 g/mol. The summed E-state index contributed by atoms with van der Waals surface area (Å²) in [6, 6.07) is 9.24. The highest BCUT2D eigenvalue weighted by Crippen LogP contribution is 2.27. The Morgan fingerprint density at radius 1 is 1.14 bits per heavy atom. The molecule has 6 nitrogen and oxygen atoms in total. The fourth-order valence-corrected chi connectivity index (χ4v) is 5.61. The Morgan fingerprint density at radius 2 is 1.96 bits per heavy atom. The molecular formula is C21H26N4O2S. The maximum absolute atomic E-state index is 13.2. The molecular weight excluding hydrogens is 372 g/mol. The Morgan fingerprint density at radius 3 is 2.75 bits per heavy atom. The van der Waals surface area contributed by atoms with Crippen LogP contribution in [0.25, 0.3) is 11.2 Å². The number of hydrogen-bond acceptors (Lipinski definition) is 4. The Bertz CT molecular complexity index is 1120. The van der Waals surface area contributed by atoms with Crippen molar-refractivity contribution in [1.29, 1.82) is 0 Å². The van der Waals surface area contributed by atoms with Crippen LogP contribution in [0, 0.1) is 26.7 Å². The molecule has 3 heterocycles. The smallest absolute Gasteiger partial charge is 0.243 e. The van der Waals surface area contributed by atoms with Crippen molar-refractivity contribution < 1.29 is 8.42 Å². The predicted octanol–water partition coefficient (Wildman–Crippen LogP) is 3.46.